The van der Waals surface area contributed by atoms with Gasteiger partial charge in [0.15, 0.2) is 5.82 Å². The van der Waals surface area contributed by atoms with E-state index in [1.807, 2.05) is 0 Å². The second-order valence-electron chi connectivity index (χ2n) is 6.35. The topological polar surface area (TPSA) is 88.5 Å². The number of hydrogen-bond donors (Lipinski definition) is 2. The van der Waals surface area contributed by atoms with Gasteiger partial charge in [-0.3, -0.25) is 9.97 Å². The van der Waals surface area contributed by atoms with Crippen molar-refractivity contribution in [3.8, 4) is 11.5 Å². The summed E-state index contributed by atoms with van der Waals surface area (Å²) in [7, 11) is 0. The molecule has 3 aromatic heterocycles. The van der Waals surface area contributed by atoms with Gasteiger partial charge in [0.05, 0.1) is 0 Å². The largest absolute Gasteiger partial charge is 0.433 e. The standard InChI is InChI=1S/C18H16F3N7/c19-18(20,21)14-10-12(7-9-23-14)25-17-27-15(13-6-1-2-8-22-13)26-16(28-17)24-11-4-3-5-11/h1-2,6-11H,3-5H2,(H2,23,24,25,26,27,28). The molecule has 2 N–H and O–H groups in total. The van der Waals surface area contributed by atoms with Crippen LogP contribution < -0.4 is 10.6 Å². The first kappa shape index (κ1) is 18.1. The molecule has 0 unspecified atom stereocenters. The third-order valence-electron chi connectivity index (χ3n) is 4.27. The summed E-state index contributed by atoms with van der Waals surface area (Å²) in [5.41, 5.74) is -0.283. The van der Waals surface area contributed by atoms with Crippen LogP contribution in [0, 0.1) is 0 Å². The molecule has 144 valence electrons. The quantitative estimate of drug-likeness (QED) is 0.683. The molecule has 1 aliphatic rings. The Balaban J connectivity index is 1.66. The fraction of sp³-hybridized carbons (Fsp3) is 0.278. The predicted octanol–water partition coefficient (Wildman–Crippen LogP) is 4.06. The number of aromatic nitrogens is 5. The number of anilines is 3. The smallest absolute Gasteiger partial charge is 0.351 e. The molecule has 1 aliphatic carbocycles. The zero-order valence-corrected chi connectivity index (χ0v) is 14.6. The van der Waals surface area contributed by atoms with E-state index < -0.39 is 11.9 Å². The van der Waals surface area contributed by atoms with E-state index in [0.29, 0.717) is 17.5 Å². The van der Waals surface area contributed by atoms with Crippen molar-refractivity contribution in [2.75, 3.05) is 10.6 Å². The van der Waals surface area contributed by atoms with Gasteiger partial charge in [0.25, 0.3) is 0 Å². The van der Waals surface area contributed by atoms with Gasteiger partial charge in [-0.25, -0.2) is 0 Å². The Hall–Kier alpha value is -3.30. The van der Waals surface area contributed by atoms with Crippen molar-refractivity contribution in [1.82, 2.24) is 24.9 Å². The van der Waals surface area contributed by atoms with Gasteiger partial charge in [0.2, 0.25) is 11.9 Å². The van der Waals surface area contributed by atoms with Crippen LogP contribution >= 0.6 is 0 Å². The Bertz CT molecular complexity index is 959. The predicted molar refractivity (Wildman–Crippen MR) is 96.8 cm³/mol. The molecular weight excluding hydrogens is 371 g/mol. The van der Waals surface area contributed by atoms with Crippen LogP contribution in [0.3, 0.4) is 0 Å². The summed E-state index contributed by atoms with van der Waals surface area (Å²) in [5.74, 6) is 0.801. The molecule has 0 saturated heterocycles. The minimum absolute atomic E-state index is 0.122. The van der Waals surface area contributed by atoms with Crippen LogP contribution in [-0.2, 0) is 6.18 Å². The molecule has 0 aliphatic heterocycles. The lowest BCUT2D eigenvalue weighted by Gasteiger charge is -2.26. The SMILES string of the molecule is FC(F)(F)c1cc(Nc2nc(NC3CCC3)nc(-c3ccccn3)n2)ccn1. The van der Waals surface area contributed by atoms with Crippen LogP contribution in [-0.4, -0.2) is 31.0 Å². The van der Waals surface area contributed by atoms with Gasteiger partial charge in [-0.15, -0.1) is 0 Å². The fourth-order valence-corrected chi connectivity index (χ4v) is 2.63. The van der Waals surface area contributed by atoms with Crippen molar-refractivity contribution in [2.45, 2.75) is 31.5 Å². The third-order valence-corrected chi connectivity index (χ3v) is 4.27. The molecule has 3 heterocycles. The zero-order chi connectivity index (χ0) is 19.6. The van der Waals surface area contributed by atoms with Crippen LogP contribution in [0.15, 0.2) is 42.7 Å². The van der Waals surface area contributed by atoms with Gasteiger partial charge in [0.1, 0.15) is 11.4 Å². The number of hydrogen-bond acceptors (Lipinski definition) is 7. The normalized spacial score (nSPS) is 14.4. The number of rotatable bonds is 5. The summed E-state index contributed by atoms with van der Waals surface area (Å²) in [6.45, 7) is 0. The summed E-state index contributed by atoms with van der Waals surface area (Å²) >= 11 is 0. The Morgan fingerprint density at radius 1 is 0.929 bits per heavy atom. The molecule has 0 spiro atoms. The Kier molecular flexibility index (Phi) is 4.76. The van der Waals surface area contributed by atoms with E-state index in [-0.39, 0.29) is 17.7 Å². The van der Waals surface area contributed by atoms with E-state index >= 15 is 0 Å². The second-order valence-corrected chi connectivity index (χ2v) is 6.35. The lowest BCUT2D eigenvalue weighted by atomic mass is 9.93. The number of halogens is 3. The Morgan fingerprint density at radius 3 is 2.43 bits per heavy atom. The van der Waals surface area contributed by atoms with E-state index in [4.69, 9.17) is 0 Å². The summed E-state index contributed by atoms with van der Waals surface area (Å²) in [6.07, 6.45) is 1.34. The summed E-state index contributed by atoms with van der Waals surface area (Å²) < 4.78 is 38.7. The average molecular weight is 387 g/mol. The minimum Gasteiger partial charge on any atom is -0.351 e. The Labute approximate surface area is 158 Å². The molecule has 7 nitrogen and oxygen atoms in total. The van der Waals surface area contributed by atoms with E-state index in [1.165, 1.54) is 6.07 Å². The molecule has 0 radical (unpaired) electrons. The fourth-order valence-electron chi connectivity index (χ4n) is 2.63. The van der Waals surface area contributed by atoms with Crippen LogP contribution in [0.4, 0.5) is 30.8 Å². The maximum Gasteiger partial charge on any atom is 0.433 e. The van der Waals surface area contributed by atoms with Crippen molar-refractivity contribution in [2.24, 2.45) is 0 Å². The highest BCUT2D eigenvalue weighted by Crippen LogP contribution is 2.30. The minimum atomic E-state index is -4.53. The van der Waals surface area contributed by atoms with Gasteiger partial charge < -0.3 is 10.6 Å². The molecule has 0 atom stereocenters. The van der Waals surface area contributed by atoms with E-state index in [0.717, 1.165) is 31.5 Å². The van der Waals surface area contributed by atoms with Crippen molar-refractivity contribution in [3.05, 3.63) is 48.4 Å². The number of alkyl halides is 3. The van der Waals surface area contributed by atoms with Crippen molar-refractivity contribution < 1.29 is 13.2 Å². The number of pyridine rings is 2. The highest BCUT2D eigenvalue weighted by molar-refractivity contribution is 5.58. The van der Waals surface area contributed by atoms with Crippen LogP contribution in [0.25, 0.3) is 11.5 Å². The first-order valence-electron chi connectivity index (χ1n) is 8.72. The summed E-state index contributed by atoms with van der Waals surface area (Å²) in [5, 5.41) is 6.03. The number of nitrogens with one attached hydrogen (secondary N) is 2. The van der Waals surface area contributed by atoms with Gasteiger partial charge in [-0.2, -0.15) is 28.1 Å². The summed E-state index contributed by atoms with van der Waals surface area (Å²) in [6, 6.07) is 7.93. The zero-order valence-electron chi connectivity index (χ0n) is 14.6. The molecule has 4 rings (SSSR count). The van der Waals surface area contributed by atoms with Crippen LogP contribution in [0.2, 0.25) is 0 Å². The third kappa shape index (κ3) is 4.16. The van der Waals surface area contributed by atoms with Crippen molar-refractivity contribution >= 4 is 17.6 Å². The lowest BCUT2D eigenvalue weighted by Crippen LogP contribution is -2.28. The first-order valence-corrected chi connectivity index (χ1v) is 8.72. The highest BCUT2D eigenvalue weighted by Gasteiger charge is 2.32. The molecule has 0 bridgehead atoms. The van der Waals surface area contributed by atoms with Gasteiger partial charge in [0, 0.05) is 24.1 Å². The van der Waals surface area contributed by atoms with Gasteiger partial charge in [-0.05, 0) is 43.5 Å². The molecule has 1 saturated carbocycles. The van der Waals surface area contributed by atoms with E-state index in [9.17, 15) is 13.2 Å². The maximum absolute atomic E-state index is 12.9. The van der Waals surface area contributed by atoms with E-state index in [2.05, 4.69) is 35.6 Å². The maximum atomic E-state index is 12.9. The molecule has 1 fully saturated rings. The second kappa shape index (κ2) is 7.37. The molecule has 3 aromatic rings. The first-order chi connectivity index (χ1) is 13.5. The number of nitrogens with zero attached hydrogens (tertiary/aromatic N) is 5. The molecule has 10 heteroatoms. The molecular formula is C18H16F3N7. The average Bonchev–Trinajstić information content (AvgIpc) is 2.65. The summed E-state index contributed by atoms with van der Waals surface area (Å²) in [4.78, 5) is 20.6. The van der Waals surface area contributed by atoms with Crippen LogP contribution in [0.1, 0.15) is 25.0 Å². The van der Waals surface area contributed by atoms with Gasteiger partial charge >= 0.3 is 6.18 Å². The van der Waals surface area contributed by atoms with Crippen LogP contribution in [0.5, 0.6) is 0 Å². The molecule has 0 amide bonds. The Morgan fingerprint density at radius 2 is 1.75 bits per heavy atom. The highest BCUT2D eigenvalue weighted by atomic mass is 19.4. The van der Waals surface area contributed by atoms with Crippen molar-refractivity contribution in [3.63, 3.8) is 0 Å². The lowest BCUT2D eigenvalue weighted by molar-refractivity contribution is -0.141. The van der Waals surface area contributed by atoms with Crippen molar-refractivity contribution in [1.29, 1.82) is 0 Å². The molecule has 0 aromatic carbocycles. The van der Waals surface area contributed by atoms with E-state index in [1.54, 1.807) is 24.4 Å². The monoisotopic (exact) mass is 387 g/mol. The molecule has 28 heavy (non-hydrogen) atoms. The van der Waals surface area contributed by atoms with Gasteiger partial charge in [-0.1, -0.05) is 6.07 Å².